The number of benzene rings is 2. The standard InChI is InChI=1S/C17H16FNO2/c18-13-5-3-12(4-6-13)17(11-1-2-11)19-14-7-8-15-16(9-14)21-10-20-15/h3-9,11,17,19H,1-2,10H2. The van der Waals surface area contributed by atoms with Gasteiger partial charge < -0.3 is 14.8 Å². The Labute approximate surface area is 122 Å². The normalized spacial score (nSPS) is 17.6. The second kappa shape index (κ2) is 4.95. The third-order valence-electron chi connectivity index (χ3n) is 4.02. The fraction of sp³-hybridized carbons (Fsp3) is 0.294. The Morgan fingerprint density at radius 3 is 2.52 bits per heavy atom. The van der Waals surface area contributed by atoms with Gasteiger partial charge >= 0.3 is 0 Å². The van der Waals surface area contributed by atoms with Crippen molar-refractivity contribution in [2.45, 2.75) is 18.9 Å². The summed E-state index contributed by atoms with van der Waals surface area (Å²) in [6.07, 6.45) is 2.42. The van der Waals surface area contributed by atoms with Gasteiger partial charge in [-0.25, -0.2) is 4.39 Å². The van der Waals surface area contributed by atoms with Crippen LogP contribution >= 0.6 is 0 Å². The molecule has 1 fully saturated rings. The topological polar surface area (TPSA) is 30.5 Å². The number of ether oxygens (including phenoxy) is 2. The maximum Gasteiger partial charge on any atom is 0.231 e. The summed E-state index contributed by atoms with van der Waals surface area (Å²) in [5, 5.41) is 3.55. The Hall–Kier alpha value is -2.23. The van der Waals surface area contributed by atoms with Gasteiger partial charge in [0.1, 0.15) is 5.82 Å². The minimum absolute atomic E-state index is 0.198. The van der Waals surface area contributed by atoms with Gasteiger partial charge in [-0.2, -0.15) is 0 Å². The predicted octanol–water partition coefficient (Wildman–Crippen LogP) is 4.12. The number of nitrogens with one attached hydrogen (secondary N) is 1. The molecule has 4 heteroatoms. The lowest BCUT2D eigenvalue weighted by molar-refractivity contribution is 0.174. The van der Waals surface area contributed by atoms with Crippen molar-refractivity contribution >= 4 is 5.69 Å². The molecule has 3 nitrogen and oxygen atoms in total. The zero-order chi connectivity index (χ0) is 14.2. The number of halogens is 1. The van der Waals surface area contributed by atoms with Gasteiger partial charge in [-0.15, -0.1) is 0 Å². The van der Waals surface area contributed by atoms with Gasteiger partial charge in [-0.3, -0.25) is 0 Å². The molecular weight excluding hydrogens is 269 g/mol. The first-order valence-corrected chi connectivity index (χ1v) is 7.21. The highest BCUT2D eigenvalue weighted by Crippen LogP contribution is 2.44. The summed E-state index contributed by atoms with van der Waals surface area (Å²) in [7, 11) is 0. The molecule has 1 aliphatic heterocycles. The van der Waals surface area contributed by atoms with Crippen LogP contribution in [0.4, 0.5) is 10.1 Å². The van der Waals surface area contributed by atoms with Crippen molar-refractivity contribution in [2.24, 2.45) is 5.92 Å². The van der Waals surface area contributed by atoms with Crippen LogP contribution in [0.5, 0.6) is 11.5 Å². The van der Waals surface area contributed by atoms with Crippen molar-refractivity contribution in [1.29, 1.82) is 0 Å². The smallest absolute Gasteiger partial charge is 0.231 e. The lowest BCUT2D eigenvalue weighted by Gasteiger charge is -2.20. The zero-order valence-electron chi connectivity index (χ0n) is 11.5. The van der Waals surface area contributed by atoms with Crippen molar-refractivity contribution in [1.82, 2.24) is 0 Å². The second-order valence-electron chi connectivity index (χ2n) is 5.58. The maximum atomic E-state index is 13.1. The van der Waals surface area contributed by atoms with Gasteiger partial charge in [0.25, 0.3) is 0 Å². The van der Waals surface area contributed by atoms with E-state index in [1.54, 1.807) is 0 Å². The average Bonchev–Trinajstić information content (AvgIpc) is 3.23. The summed E-state index contributed by atoms with van der Waals surface area (Å²) < 4.78 is 23.8. The van der Waals surface area contributed by atoms with Gasteiger partial charge in [0, 0.05) is 11.8 Å². The molecule has 1 unspecified atom stereocenters. The van der Waals surface area contributed by atoms with E-state index in [9.17, 15) is 4.39 Å². The van der Waals surface area contributed by atoms with E-state index in [4.69, 9.17) is 9.47 Å². The summed E-state index contributed by atoms with van der Waals surface area (Å²) in [6, 6.07) is 12.8. The SMILES string of the molecule is Fc1ccc(C(Nc2ccc3c(c2)OCO3)C2CC2)cc1. The highest BCUT2D eigenvalue weighted by Gasteiger charge is 2.32. The molecule has 0 bridgehead atoms. The van der Waals surface area contributed by atoms with Gasteiger partial charge in [-0.1, -0.05) is 12.1 Å². The van der Waals surface area contributed by atoms with E-state index < -0.39 is 0 Å². The van der Waals surface area contributed by atoms with E-state index in [1.807, 2.05) is 30.3 Å². The Morgan fingerprint density at radius 2 is 1.76 bits per heavy atom. The number of rotatable bonds is 4. The summed E-state index contributed by atoms with van der Waals surface area (Å²) in [5.41, 5.74) is 2.12. The number of fused-ring (bicyclic) bond motifs is 1. The Morgan fingerprint density at radius 1 is 1.00 bits per heavy atom. The van der Waals surface area contributed by atoms with Gasteiger partial charge in [-0.05, 0) is 48.6 Å². The molecule has 1 atom stereocenters. The first kappa shape index (κ1) is 12.5. The third kappa shape index (κ3) is 2.53. The van der Waals surface area contributed by atoms with Crippen LogP contribution in [-0.4, -0.2) is 6.79 Å². The van der Waals surface area contributed by atoms with Crippen LogP contribution < -0.4 is 14.8 Å². The van der Waals surface area contributed by atoms with Crippen molar-refractivity contribution in [3.05, 3.63) is 53.8 Å². The lowest BCUT2D eigenvalue weighted by Crippen LogP contribution is -2.12. The average molecular weight is 285 g/mol. The molecule has 2 aromatic carbocycles. The highest BCUT2D eigenvalue weighted by molar-refractivity contribution is 5.56. The Kier molecular flexibility index (Phi) is 2.95. The quantitative estimate of drug-likeness (QED) is 0.916. The van der Waals surface area contributed by atoms with Crippen LogP contribution in [0.15, 0.2) is 42.5 Å². The van der Waals surface area contributed by atoms with Crippen molar-refractivity contribution in [3.8, 4) is 11.5 Å². The second-order valence-corrected chi connectivity index (χ2v) is 5.58. The van der Waals surface area contributed by atoms with E-state index in [2.05, 4.69) is 5.32 Å². The first-order valence-electron chi connectivity index (χ1n) is 7.21. The van der Waals surface area contributed by atoms with E-state index in [1.165, 1.54) is 25.0 Å². The fourth-order valence-electron chi connectivity index (χ4n) is 2.74. The lowest BCUT2D eigenvalue weighted by atomic mass is 10.0. The Bertz CT molecular complexity index is 652. The molecule has 4 rings (SSSR count). The van der Waals surface area contributed by atoms with Crippen LogP contribution in [0.1, 0.15) is 24.4 Å². The van der Waals surface area contributed by atoms with E-state index in [0.29, 0.717) is 5.92 Å². The molecular formula is C17H16FNO2. The van der Waals surface area contributed by atoms with E-state index >= 15 is 0 Å². The van der Waals surface area contributed by atoms with Crippen LogP contribution in [-0.2, 0) is 0 Å². The first-order chi connectivity index (χ1) is 10.3. The highest BCUT2D eigenvalue weighted by atomic mass is 19.1. The van der Waals surface area contributed by atoms with Crippen molar-refractivity contribution in [3.63, 3.8) is 0 Å². The maximum absolute atomic E-state index is 13.1. The van der Waals surface area contributed by atoms with Gasteiger partial charge in [0.15, 0.2) is 11.5 Å². The van der Waals surface area contributed by atoms with Crippen LogP contribution in [0.2, 0.25) is 0 Å². The molecule has 1 heterocycles. The molecule has 1 aliphatic carbocycles. The monoisotopic (exact) mass is 285 g/mol. The predicted molar refractivity (Wildman–Crippen MR) is 78.1 cm³/mol. The summed E-state index contributed by atoms with van der Waals surface area (Å²) in [6.45, 7) is 0.281. The van der Waals surface area contributed by atoms with Crippen LogP contribution in [0.25, 0.3) is 0 Å². The largest absolute Gasteiger partial charge is 0.454 e. The molecule has 0 radical (unpaired) electrons. The van der Waals surface area contributed by atoms with Crippen molar-refractivity contribution < 1.29 is 13.9 Å². The molecule has 2 aromatic rings. The summed E-state index contributed by atoms with van der Waals surface area (Å²) >= 11 is 0. The number of anilines is 1. The van der Waals surface area contributed by atoms with E-state index in [-0.39, 0.29) is 18.7 Å². The molecule has 0 spiro atoms. The van der Waals surface area contributed by atoms with Gasteiger partial charge in [0.05, 0.1) is 6.04 Å². The molecule has 0 saturated heterocycles. The fourth-order valence-corrected chi connectivity index (χ4v) is 2.74. The molecule has 21 heavy (non-hydrogen) atoms. The van der Waals surface area contributed by atoms with E-state index in [0.717, 1.165) is 22.7 Å². The van der Waals surface area contributed by atoms with Gasteiger partial charge in [0.2, 0.25) is 6.79 Å². The zero-order valence-corrected chi connectivity index (χ0v) is 11.5. The molecule has 108 valence electrons. The third-order valence-corrected chi connectivity index (χ3v) is 4.02. The van der Waals surface area contributed by atoms with Crippen LogP contribution in [0.3, 0.4) is 0 Å². The van der Waals surface area contributed by atoms with Crippen molar-refractivity contribution in [2.75, 3.05) is 12.1 Å². The molecule has 1 N–H and O–H groups in total. The minimum Gasteiger partial charge on any atom is -0.454 e. The summed E-state index contributed by atoms with van der Waals surface area (Å²) in [5.74, 6) is 1.97. The molecule has 2 aliphatic rings. The number of hydrogen-bond donors (Lipinski definition) is 1. The Balaban J connectivity index is 1.59. The number of hydrogen-bond acceptors (Lipinski definition) is 3. The molecule has 0 amide bonds. The molecule has 1 saturated carbocycles. The molecule has 0 aromatic heterocycles. The van der Waals surface area contributed by atoms with Crippen LogP contribution in [0, 0.1) is 11.7 Å². The minimum atomic E-state index is -0.198. The summed E-state index contributed by atoms with van der Waals surface area (Å²) in [4.78, 5) is 0.